The molecule has 0 atom stereocenters. The van der Waals surface area contributed by atoms with Crippen LogP contribution in [0.4, 0.5) is 5.69 Å². The quantitative estimate of drug-likeness (QED) is 0.463. The van der Waals surface area contributed by atoms with E-state index in [0.717, 1.165) is 5.56 Å². The molecule has 0 aliphatic carbocycles. The summed E-state index contributed by atoms with van der Waals surface area (Å²) in [5, 5.41) is 2.87. The first-order valence-electron chi connectivity index (χ1n) is 5.76. The first-order valence-corrected chi connectivity index (χ1v) is 5.76. The first kappa shape index (κ1) is 12.7. The van der Waals surface area contributed by atoms with Crippen molar-refractivity contribution in [3.63, 3.8) is 0 Å². The van der Waals surface area contributed by atoms with Gasteiger partial charge in [0.05, 0.1) is 0 Å². The van der Waals surface area contributed by atoms with Gasteiger partial charge in [0.1, 0.15) is 5.69 Å². The SMILES string of the molecule is CC(=O)c1ccc(C#Cc2ccccc2)cc1N=O. The Morgan fingerprint density at radius 3 is 2.32 bits per heavy atom. The van der Waals surface area contributed by atoms with E-state index in [1.165, 1.54) is 13.0 Å². The number of ketones is 1. The molecule has 0 aromatic heterocycles. The maximum atomic E-state index is 11.3. The molecule has 0 saturated carbocycles. The third kappa shape index (κ3) is 3.14. The minimum atomic E-state index is -0.183. The normalized spacial score (nSPS) is 9.32. The molecule has 3 heteroatoms. The second kappa shape index (κ2) is 5.74. The van der Waals surface area contributed by atoms with Crippen molar-refractivity contribution in [1.29, 1.82) is 0 Å². The van der Waals surface area contributed by atoms with Gasteiger partial charge in [0, 0.05) is 16.7 Å². The molecule has 2 rings (SSSR count). The second-order valence-electron chi connectivity index (χ2n) is 4.00. The minimum Gasteiger partial charge on any atom is -0.294 e. The van der Waals surface area contributed by atoms with E-state index in [1.54, 1.807) is 12.1 Å². The zero-order valence-electron chi connectivity index (χ0n) is 10.4. The van der Waals surface area contributed by atoms with Gasteiger partial charge >= 0.3 is 0 Å². The van der Waals surface area contributed by atoms with Crippen LogP contribution in [0.25, 0.3) is 0 Å². The molecule has 0 radical (unpaired) electrons. The number of benzene rings is 2. The number of Topliss-reactive ketones (excluding diaryl/α,β-unsaturated/α-hetero) is 1. The smallest absolute Gasteiger partial charge is 0.162 e. The van der Waals surface area contributed by atoms with Gasteiger partial charge in [0.15, 0.2) is 5.78 Å². The van der Waals surface area contributed by atoms with Crippen molar-refractivity contribution in [3.8, 4) is 11.8 Å². The summed E-state index contributed by atoms with van der Waals surface area (Å²) >= 11 is 0. The highest BCUT2D eigenvalue weighted by Crippen LogP contribution is 2.21. The van der Waals surface area contributed by atoms with Crippen molar-refractivity contribution in [3.05, 3.63) is 70.1 Å². The Labute approximate surface area is 111 Å². The molecule has 0 heterocycles. The molecular weight excluding hydrogens is 238 g/mol. The van der Waals surface area contributed by atoms with Crippen LogP contribution in [0, 0.1) is 16.7 Å². The molecule has 0 aliphatic heterocycles. The molecule has 0 unspecified atom stereocenters. The Morgan fingerprint density at radius 1 is 1.00 bits per heavy atom. The van der Waals surface area contributed by atoms with Gasteiger partial charge < -0.3 is 0 Å². The van der Waals surface area contributed by atoms with Crippen LogP contribution in [-0.4, -0.2) is 5.78 Å². The number of nitroso groups, excluding NO2 is 1. The predicted octanol–water partition coefficient (Wildman–Crippen LogP) is 3.69. The zero-order valence-corrected chi connectivity index (χ0v) is 10.4. The van der Waals surface area contributed by atoms with Gasteiger partial charge in [0.2, 0.25) is 0 Å². The van der Waals surface area contributed by atoms with Crippen molar-refractivity contribution in [1.82, 2.24) is 0 Å². The maximum absolute atomic E-state index is 11.3. The molecular formula is C16H11NO2. The van der Waals surface area contributed by atoms with E-state index in [1.807, 2.05) is 30.3 Å². The van der Waals surface area contributed by atoms with Crippen molar-refractivity contribution in [2.75, 3.05) is 0 Å². The van der Waals surface area contributed by atoms with Crippen LogP contribution < -0.4 is 0 Å². The van der Waals surface area contributed by atoms with Crippen molar-refractivity contribution < 1.29 is 4.79 Å². The molecule has 92 valence electrons. The van der Waals surface area contributed by atoms with Crippen molar-refractivity contribution in [2.45, 2.75) is 6.92 Å². The van der Waals surface area contributed by atoms with E-state index in [4.69, 9.17) is 0 Å². The van der Waals surface area contributed by atoms with Gasteiger partial charge in [-0.3, -0.25) is 4.79 Å². The van der Waals surface area contributed by atoms with E-state index in [2.05, 4.69) is 17.0 Å². The maximum Gasteiger partial charge on any atom is 0.162 e. The lowest BCUT2D eigenvalue weighted by molar-refractivity contribution is 0.101. The van der Waals surface area contributed by atoms with E-state index >= 15 is 0 Å². The molecule has 3 nitrogen and oxygen atoms in total. The van der Waals surface area contributed by atoms with Gasteiger partial charge in [-0.1, -0.05) is 30.0 Å². The minimum absolute atomic E-state index is 0.132. The van der Waals surface area contributed by atoms with Gasteiger partial charge in [-0.05, 0) is 42.4 Å². The number of hydrogen-bond acceptors (Lipinski definition) is 3. The van der Waals surface area contributed by atoms with Gasteiger partial charge in [-0.2, -0.15) is 0 Å². The molecule has 0 saturated heterocycles. The fraction of sp³-hybridized carbons (Fsp3) is 0.0625. The van der Waals surface area contributed by atoms with Crippen LogP contribution in [0.1, 0.15) is 28.4 Å². The number of carbonyl (C=O) groups is 1. The highest BCUT2D eigenvalue weighted by atomic mass is 16.3. The molecule has 0 amide bonds. The Balaban J connectivity index is 2.35. The van der Waals surface area contributed by atoms with E-state index in [9.17, 15) is 9.70 Å². The summed E-state index contributed by atoms with van der Waals surface area (Å²) in [4.78, 5) is 22.0. The van der Waals surface area contributed by atoms with Crippen LogP contribution in [0.15, 0.2) is 53.7 Å². The molecule has 2 aromatic carbocycles. The number of carbonyl (C=O) groups excluding carboxylic acids is 1. The molecule has 0 aliphatic rings. The average molecular weight is 249 g/mol. The number of rotatable bonds is 2. The van der Waals surface area contributed by atoms with Gasteiger partial charge in [0.25, 0.3) is 0 Å². The van der Waals surface area contributed by atoms with Crippen molar-refractivity contribution >= 4 is 11.5 Å². The topological polar surface area (TPSA) is 46.5 Å². The molecule has 0 fully saturated rings. The largest absolute Gasteiger partial charge is 0.294 e. The Kier molecular flexibility index (Phi) is 3.84. The Morgan fingerprint density at radius 2 is 1.68 bits per heavy atom. The lowest BCUT2D eigenvalue weighted by Gasteiger charge is -1.99. The first-order chi connectivity index (χ1) is 9.20. The lowest BCUT2D eigenvalue weighted by atomic mass is 10.1. The van der Waals surface area contributed by atoms with E-state index in [0.29, 0.717) is 11.1 Å². The van der Waals surface area contributed by atoms with Crippen LogP contribution in [0.3, 0.4) is 0 Å². The van der Waals surface area contributed by atoms with Crippen molar-refractivity contribution in [2.24, 2.45) is 5.18 Å². The summed E-state index contributed by atoms with van der Waals surface area (Å²) in [5.74, 6) is 5.74. The van der Waals surface area contributed by atoms with E-state index in [-0.39, 0.29) is 11.5 Å². The molecule has 2 aromatic rings. The molecule has 19 heavy (non-hydrogen) atoms. The number of nitrogens with zero attached hydrogens (tertiary/aromatic N) is 1. The third-order valence-corrected chi connectivity index (χ3v) is 2.60. The summed E-state index contributed by atoms with van der Waals surface area (Å²) in [6.07, 6.45) is 0. The lowest BCUT2D eigenvalue weighted by Crippen LogP contribution is -1.92. The highest BCUT2D eigenvalue weighted by molar-refractivity contribution is 5.99. The fourth-order valence-corrected chi connectivity index (χ4v) is 1.65. The van der Waals surface area contributed by atoms with Gasteiger partial charge in [-0.25, -0.2) is 0 Å². The van der Waals surface area contributed by atoms with Crippen LogP contribution >= 0.6 is 0 Å². The monoisotopic (exact) mass is 249 g/mol. The summed E-state index contributed by atoms with van der Waals surface area (Å²) in [5.41, 5.74) is 2.00. The zero-order chi connectivity index (χ0) is 13.7. The van der Waals surface area contributed by atoms with Gasteiger partial charge in [-0.15, -0.1) is 4.91 Å². The average Bonchev–Trinajstić information content (AvgIpc) is 2.45. The summed E-state index contributed by atoms with van der Waals surface area (Å²) < 4.78 is 0. The third-order valence-electron chi connectivity index (χ3n) is 2.60. The highest BCUT2D eigenvalue weighted by Gasteiger charge is 2.07. The van der Waals surface area contributed by atoms with Crippen LogP contribution in [-0.2, 0) is 0 Å². The Bertz CT molecular complexity index is 679. The van der Waals surface area contributed by atoms with Crippen LogP contribution in [0.2, 0.25) is 0 Å². The molecule has 0 spiro atoms. The summed E-state index contributed by atoms with van der Waals surface area (Å²) in [6.45, 7) is 1.40. The van der Waals surface area contributed by atoms with Crippen LogP contribution in [0.5, 0.6) is 0 Å². The second-order valence-corrected chi connectivity index (χ2v) is 4.00. The molecule has 0 bridgehead atoms. The van der Waals surface area contributed by atoms with E-state index < -0.39 is 0 Å². The standard InChI is InChI=1S/C16H11NO2/c1-12(18)15-10-9-14(11-16(15)17-19)8-7-13-5-3-2-4-6-13/h2-6,9-11H,1H3. The fourth-order valence-electron chi connectivity index (χ4n) is 1.65. The summed E-state index contributed by atoms with van der Waals surface area (Å²) in [6, 6.07) is 14.3. The Hall–Kier alpha value is -2.73. The molecule has 0 N–H and O–H groups in total. The predicted molar refractivity (Wildman–Crippen MR) is 74.3 cm³/mol. The number of hydrogen-bond donors (Lipinski definition) is 0. The summed E-state index contributed by atoms with van der Waals surface area (Å²) in [7, 11) is 0.